The zero-order valence-corrected chi connectivity index (χ0v) is 10.3. The molecule has 0 unspecified atom stereocenters. The van der Waals surface area contributed by atoms with E-state index in [1.807, 2.05) is 17.5 Å². The van der Waals surface area contributed by atoms with Gasteiger partial charge in [0, 0.05) is 29.9 Å². The maximum absolute atomic E-state index is 11.8. The third-order valence-corrected chi connectivity index (χ3v) is 4.39. The van der Waals surface area contributed by atoms with Gasteiger partial charge in [-0.05, 0) is 11.4 Å². The number of aromatic nitrogens is 1. The van der Waals surface area contributed by atoms with Crippen LogP contribution in [0.5, 0.6) is 0 Å². The first kappa shape index (κ1) is 12.0. The molecule has 2 aromatic rings. The maximum atomic E-state index is 11.8. The van der Waals surface area contributed by atoms with Crippen LogP contribution in [0.25, 0.3) is 0 Å². The number of nitrogens with one attached hydrogen (secondary N) is 2. The number of hydrogen-bond acceptors (Lipinski definition) is 4. The van der Waals surface area contributed by atoms with Crippen LogP contribution in [-0.4, -0.2) is 13.4 Å². The Balaban J connectivity index is 2.20. The van der Waals surface area contributed by atoms with E-state index in [0.29, 0.717) is 0 Å². The normalized spacial score (nSPS) is 11.5. The molecule has 17 heavy (non-hydrogen) atoms. The topological polar surface area (TPSA) is 79.0 Å². The second-order valence-electron chi connectivity index (χ2n) is 3.28. The first-order valence-corrected chi connectivity index (χ1v) is 7.15. The van der Waals surface area contributed by atoms with E-state index < -0.39 is 15.5 Å². The zero-order valence-electron chi connectivity index (χ0n) is 8.71. The van der Waals surface area contributed by atoms with E-state index in [0.717, 1.165) is 4.88 Å². The van der Waals surface area contributed by atoms with Crippen LogP contribution >= 0.6 is 11.3 Å². The predicted octanol–water partition coefficient (Wildman–Crippen LogP) is 0.915. The van der Waals surface area contributed by atoms with E-state index >= 15 is 0 Å². The third-order valence-electron chi connectivity index (χ3n) is 2.09. The molecule has 2 heterocycles. The van der Waals surface area contributed by atoms with Crippen molar-refractivity contribution in [3.05, 3.63) is 51.1 Å². The van der Waals surface area contributed by atoms with Crippen molar-refractivity contribution in [2.75, 3.05) is 0 Å². The molecule has 2 rings (SSSR count). The Hall–Kier alpha value is -1.44. The molecule has 5 nitrogen and oxygen atoms in total. The number of sulfonamides is 1. The van der Waals surface area contributed by atoms with Gasteiger partial charge in [-0.1, -0.05) is 6.07 Å². The Morgan fingerprint density at radius 2 is 2.18 bits per heavy atom. The van der Waals surface area contributed by atoms with Crippen molar-refractivity contribution in [2.45, 2.75) is 11.4 Å². The van der Waals surface area contributed by atoms with E-state index in [1.54, 1.807) is 0 Å². The molecule has 0 spiro atoms. The standard InChI is InChI=1S/C10H10N2O3S2/c13-9-3-4-11-7-10(9)17(14,15)12-6-8-2-1-5-16-8/h1-5,7,12H,6H2,(H,11,13). The lowest BCUT2D eigenvalue weighted by Crippen LogP contribution is -2.27. The van der Waals surface area contributed by atoms with Crippen LogP contribution in [0.2, 0.25) is 0 Å². The van der Waals surface area contributed by atoms with E-state index in [1.165, 1.54) is 29.8 Å². The van der Waals surface area contributed by atoms with E-state index in [2.05, 4.69) is 9.71 Å². The summed E-state index contributed by atoms with van der Waals surface area (Å²) in [7, 11) is -3.75. The third kappa shape index (κ3) is 2.82. The van der Waals surface area contributed by atoms with Crippen LogP contribution in [0.15, 0.2) is 45.7 Å². The van der Waals surface area contributed by atoms with Gasteiger partial charge in [-0.3, -0.25) is 4.79 Å². The van der Waals surface area contributed by atoms with Crippen molar-refractivity contribution in [1.82, 2.24) is 9.71 Å². The van der Waals surface area contributed by atoms with E-state index in [9.17, 15) is 13.2 Å². The lowest BCUT2D eigenvalue weighted by molar-refractivity contribution is 0.580. The van der Waals surface area contributed by atoms with Crippen molar-refractivity contribution in [2.24, 2.45) is 0 Å². The molecule has 0 aliphatic rings. The molecule has 90 valence electrons. The number of aromatic amines is 1. The molecule has 0 amide bonds. The second kappa shape index (κ2) is 4.82. The largest absolute Gasteiger partial charge is 0.366 e. The molecule has 0 aromatic carbocycles. The van der Waals surface area contributed by atoms with Gasteiger partial charge in [0.25, 0.3) is 0 Å². The second-order valence-corrected chi connectivity index (χ2v) is 6.04. The van der Waals surface area contributed by atoms with Crippen molar-refractivity contribution in [3.8, 4) is 0 Å². The first-order valence-electron chi connectivity index (χ1n) is 4.79. The average Bonchev–Trinajstić information content (AvgIpc) is 2.80. The first-order chi connectivity index (χ1) is 8.09. The summed E-state index contributed by atoms with van der Waals surface area (Å²) in [5.74, 6) is 0. The minimum atomic E-state index is -3.75. The predicted molar refractivity (Wildman–Crippen MR) is 65.4 cm³/mol. The fourth-order valence-corrected chi connectivity index (χ4v) is 3.06. The van der Waals surface area contributed by atoms with Gasteiger partial charge in [-0.25, -0.2) is 13.1 Å². The van der Waals surface area contributed by atoms with Crippen LogP contribution in [-0.2, 0) is 16.6 Å². The molecule has 0 fully saturated rings. The van der Waals surface area contributed by atoms with Crippen molar-refractivity contribution >= 4 is 21.4 Å². The molecule has 0 aliphatic heterocycles. The SMILES string of the molecule is O=c1cc[nH]cc1S(=O)(=O)NCc1cccs1. The van der Waals surface area contributed by atoms with Gasteiger partial charge in [0.2, 0.25) is 15.5 Å². The molecule has 0 atom stereocenters. The Morgan fingerprint density at radius 1 is 1.35 bits per heavy atom. The highest BCUT2D eigenvalue weighted by molar-refractivity contribution is 7.89. The molecular weight excluding hydrogens is 260 g/mol. The molecule has 0 bridgehead atoms. The van der Waals surface area contributed by atoms with E-state index in [4.69, 9.17) is 0 Å². The van der Waals surface area contributed by atoms with Crippen LogP contribution in [0, 0.1) is 0 Å². The summed E-state index contributed by atoms with van der Waals surface area (Å²) in [6.45, 7) is 0.189. The number of H-pyrrole nitrogens is 1. The number of pyridine rings is 1. The molecule has 7 heteroatoms. The molecule has 0 saturated carbocycles. The summed E-state index contributed by atoms with van der Waals surface area (Å²) in [4.78, 5) is 14.6. The number of rotatable bonds is 4. The number of thiophene rings is 1. The summed E-state index contributed by atoms with van der Waals surface area (Å²) >= 11 is 1.45. The highest BCUT2D eigenvalue weighted by Gasteiger charge is 2.17. The quantitative estimate of drug-likeness (QED) is 0.867. The maximum Gasteiger partial charge on any atom is 0.246 e. The molecule has 0 radical (unpaired) electrons. The van der Waals surface area contributed by atoms with Gasteiger partial charge in [0.1, 0.15) is 4.90 Å². The Labute approximate surface area is 102 Å². The van der Waals surface area contributed by atoms with Gasteiger partial charge in [-0.2, -0.15) is 0 Å². The molecule has 0 aliphatic carbocycles. The van der Waals surface area contributed by atoms with Gasteiger partial charge in [-0.15, -0.1) is 11.3 Å². The van der Waals surface area contributed by atoms with Crippen molar-refractivity contribution in [1.29, 1.82) is 0 Å². The monoisotopic (exact) mass is 270 g/mol. The number of hydrogen-bond donors (Lipinski definition) is 2. The highest BCUT2D eigenvalue weighted by atomic mass is 32.2. The molecule has 2 aromatic heterocycles. The van der Waals surface area contributed by atoms with Crippen LogP contribution < -0.4 is 10.2 Å². The minimum absolute atomic E-state index is 0.189. The summed E-state index contributed by atoms with van der Waals surface area (Å²) in [6, 6.07) is 4.84. The summed E-state index contributed by atoms with van der Waals surface area (Å²) in [5.41, 5.74) is -0.526. The van der Waals surface area contributed by atoms with Crippen molar-refractivity contribution < 1.29 is 8.42 Å². The Kier molecular flexibility index (Phi) is 3.41. The van der Waals surface area contributed by atoms with Gasteiger partial charge in [0.05, 0.1) is 0 Å². The Bertz CT molecular complexity index is 644. The average molecular weight is 270 g/mol. The van der Waals surface area contributed by atoms with Crippen molar-refractivity contribution in [3.63, 3.8) is 0 Å². The molecular formula is C10H10N2O3S2. The fourth-order valence-electron chi connectivity index (χ4n) is 1.27. The lowest BCUT2D eigenvalue weighted by Gasteiger charge is -2.04. The van der Waals surface area contributed by atoms with Crippen LogP contribution in [0.1, 0.15) is 4.88 Å². The summed E-state index contributed by atoms with van der Waals surface area (Å²) in [5, 5.41) is 1.86. The zero-order chi connectivity index (χ0) is 12.3. The highest BCUT2D eigenvalue weighted by Crippen LogP contribution is 2.09. The summed E-state index contributed by atoms with van der Waals surface area (Å²) in [6.07, 6.45) is 2.57. The van der Waals surface area contributed by atoms with Crippen LogP contribution in [0.4, 0.5) is 0 Å². The minimum Gasteiger partial charge on any atom is -0.366 e. The van der Waals surface area contributed by atoms with Gasteiger partial charge >= 0.3 is 0 Å². The molecule has 0 saturated heterocycles. The lowest BCUT2D eigenvalue weighted by atomic mass is 10.5. The van der Waals surface area contributed by atoms with E-state index in [-0.39, 0.29) is 11.4 Å². The Morgan fingerprint density at radius 3 is 2.82 bits per heavy atom. The van der Waals surface area contributed by atoms with Gasteiger partial charge < -0.3 is 4.98 Å². The van der Waals surface area contributed by atoms with Gasteiger partial charge in [0.15, 0.2) is 0 Å². The fraction of sp³-hybridized carbons (Fsp3) is 0.100. The smallest absolute Gasteiger partial charge is 0.246 e. The van der Waals surface area contributed by atoms with Crippen LogP contribution in [0.3, 0.4) is 0 Å². The summed E-state index contributed by atoms with van der Waals surface area (Å²) < 4.78 is 26.0. The molecule has 2 N–H and O–H groups in total.